The van der Waals surface area contributed by atoms with Gasteiger partial charge in [-0.05, 0) is 37.7 Å². The average molecular weight is 209 g/mol. The van der Waals surface area contributed by atoms with Gasteiger partial charge in [0.05, 0.1) is 0 Å². The zero-order chi connectivity index (χ0) is 10.1. The lowest BCUT2D eigenvalue weighted by atomic mass is 10.1. The second-order valence-corrected chi connectivity index (χ2v) is 3.88. The van der Waals surface area contributed by atoms with Crippen LogP contribution in [0.5, 0.6) is 0 Å². The van der Waals surface area contributed by atoms with Crippen molar-refractivity contribution in [3.63, 3.8) is 0 Å². The molecule has 1 unspecified atom stereocenters. The molecule has 0 radical (unpaired) electrons. The van der Waals surface area contributed by atoms with E-state index < -0.39 is 0 Å². The first kappa shape index (κ1) is 9.56. The van der Waals surface area contributed by atoms with Gasteiger partial charge >= 0.3 is 0 Å². The molecule has 1 atom stereocenters. The molecule has 2 aromatic rings. The minimum absolute atomic E-state index is 0.335. The number of aromatic amines is 1. The van der Waals surface area contributed by atoms with Crippen LogP contribution in [-0.2, 0) is 0 Å². The Balaban J connectivity index is 2.61. The minimum atomic E-state index is 0.335. The van der Waals surface area contributed by atoms with E-state index in [2.05, 4.69) is 17.2 Å². The summed E-state index contributed by atoms with van der Waals surface area (Å²) in [5.74, 6) is 0. The highest BCUT2D eigenvalue weighted by atomic mass is 35.5. The van der Waals surface area contributed by atoms with E-state index in [0.29, 0.717) is 6.04 Å². The Labute approximate surface area is 88.3 Å². The third kappa shape index (κ3) is 1.51. The Hall–Kier alpha value is -0.990. The summed E-state index contributed by atoms with van der Waals surface area (Å²) in [5.41, 5.74) is 2.39. The van der Waals surface area contributed by atoms with E-state index in [0.717, 1.165) is 10.5 Å². The van der Waals surface area contributed by atoms with E-state index in [1.165, 1.54) is 10.9 Å². The lowest BCUT2D eigenvalue weighted by Gasteiger charge is -2.08. The van der Waals surface area contributed by atoms with Crippen LogP contribution >= 0.6 is 11.6 Å². The summed E-state index contributed by atoms with van der Waals surface area (Å²) in [4.78, 5) is 3.23. The van der Waals surface area contributed by atoms with Gasteiger partial charge in [0, 0.05) is 28.2 Å². The Morgan fingerprint density at radius 2 is 2.21 bits per heavy atom. The van der Waals surface area contributed by atoms with Crippen molar-refractivity contribution in [3.05, 3.63) is 35.0 Å². The molecule has 0 bridgehead atoms. The van der Waals surface area contributed by atoms with E-state index in [-0.39, 0.29) is 0 Å². The fourth-order valence-corrected chi connectivity index (χ4v) is 1.80. The number of halogens is 1. The number of fused-ring (bicyclic) bond motifs is 1. The maximum absolute atomic E-state index is 5.96. The lowest BCUT2D eigenvalue weighted by Crippen LogP contribution is -2.11. The molecule has 1 heterocycles. The number of rotatable bonds is 2. The molecule has 74 valence electrons. The molecule has 0 spiro atoms. The molecule has 1 aromatic carbocycles. The number of hydrogen-bond acceptors (Lipinski definition) is 1. The molecule has 2 nitrogen and oxygen atoms in total. The van der Waals surface area contributed by atoms with Gasteiger partial charge in [0.2, 0.25) is 0 Å². The van der Waals surface area contributed by atoms with Crippen LogP contribution < -0.4 is 5.32 Å². The number of benzene rings is 1. The van der Waals surface area contributed by atoms with Crippen molar-refractivity contribution >= 4 is 22.5 Å². The summed E-state index contributed by atoms with van der Waals surface area (Å²) in [5, 5.41) is 5.19. The SMILES string of the molecule is CNC(C)c1c[nH]c2ccc(Cl)cc12. The third-order valence-corrected chi connectivity index (χ3v) is 2.81. The maximum atomic E-state index is 5.96. The molecule has 0 aliphatic rings. The summed E-state index contributed by atoms with van der Waals surface area (Å²) in [6, 6.07) is 6.23. The Kier molecular flexibility index (Phi) is 2.48. The van der Waals surface area contributed by atoms with Crippen LogP contribution in [0.1, 0.15) is 18.5 Å². The second-order valence-electron chi connectivity index (χ2n) is 3.44. The first-order chi connectivity index (χ1) is 6.72. The van der Waals surface area contributed by atoms with Gasteiger partial charge in [-0.25, -0.2) is 0 Å². The van der Waals surface area contributed by atoms with Crippen LogP contribution in [0.2, 0.25) is 5.02 Å². The van der Waals surface area contributed by atoms with Crippen molar-refractivity contribution in [3.8, 4) is 0 Å². The third-order valence-electron chi connectivity index (χ3n) is 2.58. The molecule has 3 heteroatoms. The van der Waals surface area contributed by atoms with Gasteiger partial charge < -0.3 is 10.3 Å². The predicted molar refractivity (Wildman–Crippen MR) is 60.8 cm³/mol. The zero-order valence-electron chi connectivity index (χ0n) is 8.26. The molecule has 0 saturated heterocycles. The molecule has 1 aromatic heterocycles. The molecular formula is C11H13ClN2. The molecule has 2 rings (SSSR count). The fourth-order valence-electron chi connectivity index (χ4n) is 1.63. The van der Waals surface area contributed by atoms with Crippen molar-refractivity contribution in [2.24, 2.45) is 0 Å². The first-order valence-corrected chi connectivity index (χ1v) is 5.04. The highest BCUT2D eigenvalue weighted by molar-refractivity contribution is 6.31. The Morgan fingerprint density at radius 1 is 1.43 bits per heavy atom. The molecule has 0 aliphatic heterocycles. The van der Waals surface area contributed by atoms with Gasteiger partial charge in [-0.1, -0.05) is 11.6 Å². The van der Waals surface area contributed by atoms with Gasteiger partial charge in [-0.3, -0.25) is 0 Å². The molecule has 0 amide bonds. The summed E-state index contributed by atoms with van der Waals surface area (Å²) in [6.07, 6.45) is 2.03. The fraction of sp³-hybridized carbons (Fsp3) is 0.273. The van der Waals surface area contributed by atoms with Gasteiger partial charge in [-0.15, -0.1) is 0 Å². The number of aromatic nitrogens is 1. The average Bonchev–Trinajstić information content (AvgIpc) is 2.59. The van der Waals surface area contributed by atoms with E-state index >= 15 is 0 Å². The van der Waals surface area contributed by atoms with E-state index in [4.69, 9.17) is 11.6 Å². The zero-order valence-corrected chi connectivity index (χ0v) is 9.02. The van der Waals surface area contributed by atoms with Crippen LogP contribution in [0.4, 0.5) is 0 Å². The van der Waals surface area contributed by atoms with Crippen molar-refractivity contribution in [1.82, 2.24) is 10.3 Å². The number of H-pyrrole nitrogens is 1. The first-order valence-electron chi connectivity index (χ1n) is 4.66. The van der Waals surface area contributed by atoms with Gasteiger partial charge in [0.1, 0.15) is 0 Å². The summed E-state index contributed by atoms with van der Waals surface area (Å²) >= 11 is 5.96. The number of nitrogens with one attached hydrogen (secondary N) is 2. The molecule has 14 heavy (non-hydrogen) atoms. The van der Waals surface area contributed by atoms with E-state index in [9.17, 15) is 0 Å². The maximum Gasteiger partial charge on any atom is 0.0458 e. The second kappa shape index (κ2) is 3.64. The smallest absolute Gasteiger partial charge is 0.0458 e. The van der Waals surface area contributed by atoms with E-state index in [1.807, 2.05) is 31.4 Å². The van der Waals surface area contributed by atoms with Gasteiger partial charge in [0.15, 0.2) is 0 Å². The normalized spacial score (nSPS) is 13.4. The van der Waals surface area contributed by atoms with Gasteiger partial charge in [-0.2, -0.15) is 0 Å². The van der Waals surface area contributed by atoms with Crippen molar-refractivity contribution in [2.45, 2.75) is 13.0 Å². The Bertz CT molecular complexity index is 447. The van der Waals surface area contributed by atoms with Crippen molar-refractivity contribution < 1.29 is 0 Å². The predicted octanol–water partition coefficient (Wildman–Crippen LogP) is 3.10. The van der Waals surface area contributed by atoms with E-state index in [1.54, 1.807) is 0 Å². The monoisotopic (exact) mass is 208 g/mol. The summed E-state index contributed by atoms with van der Waals surface area (Å²) in [7, 11) is 1.95. The largest absolute Gasteiger partial charge is 0.361 e. The quantitative estimate of drug-likeness (QED) is 0.780. The molecule has 0 fully saturated rings. The van der Waals surface area contributed by atoms with Crippen LogP contribution in [0.15, 0.2) is 24.4 Å². The molecular weight excluding hydrogens is 196 g/mol. The van der Waals surface area contributed by atoms with Crippen LogP contribution in [-0.4, -0.2) is 12.0 Å². The summed E-state index contributed by atoms with van der Waals surface area (Å²) in [6.45, 7) is 2.13. The minimum Gasteiger partial charge on any atom is -0.361 e. The van der Waals surface area contributed by atoms with Crippen molar-refractivity contribution in [2.75, 3.05) is 7.05 Å². The highest BCUT2D eigenvalue weighted by Gasteiger charge is 2.09. The Morgan fingerprint density at radius 3 is 2.93 bits per heavy atom. The van der Waals surface area contributed by atoms with Crippen molar-refractivity contribution in [1.29, 1.82) is 0 Å². The topological polar surface area (TPSA) is 27.8 Å². The van der Waals surface area contributed by atoms with Crippen LogP contribution in [0.3, 0.4) is 0 Å². The van der Waals surface area contributed by atoms with Crippen LogP contribution in [0.25, 0.3) is 10.9 Å². The van der Waals surface area contributed by atoms with Gasteiger partial charge in [0.25, 0.3) is 0 Å². The molecule has 2 N–H and O–H groups in total. The van der Waals surface area contributed by atoms with Crippen LogP contribution in [0, 0.1) is 0 Å². The molecule has 0 aliphatic carbocycles. The lowest BCUT2D eigenvalue weighted by molar-refractivity contribution is 0.657. The standard InChI is InChI=1S/C11H13ClN2/c1-7(13-2)10-6-14-11-4-3-8(12)5-9(10)11/h3-7,13-14H,1-2H3. The highest BCUT2D eigenvalue weighted by Crippen LogP contribution is 2.26. The molecule has 0 saturated carbocycles. The number of hydrogen-bond donors (Lipinski definition) is 2. The summed E-state index contributed by atoms with van der Waals surface area (Å²) < 4.78 is 0.